The molecule has 21 heavy (non-hydrogen) atoms. The van der Waals surface area contributed by atoms with Crippen LogP contribution in [-0.2, 0) is 16.6 Å². The number of unbranched alkanes of at least 4 members (excludes halogenated alkanes) is 1. The maximum Gasteiger partial charge on any atom is 0.243 e. The van der Waals surface area contributed by atoms with Crippen LogP contribution in [0.1, 0.15) is 39.2 Å². The molecule has 0 saturated heterocycles. The zero-order valence-electron chi connectivity index (χ0n) is 12.5. The quantitative estimate of drug-likeness (QED) is 0.724. The SMILES string of the molecule is CCCCNS(=O)(=O)c1ccc(F)c(CNC(C)C)c1F. The van der Waals surface area contributed by atoms with E-state index >= 15 is 0 Å². The van der Waals surface area contributed by atoms with Gasteiger partial charge in [0, 0.05) is 24.7 Å². The van der Waals surface area contributed by atoms with Gasteiger partial charge in [0.2, 0.25) is 10.0 Å². The van der Waals surface area contributed by atoms with Crippen molar-refractivity contribution in [2.75, 3.05) is 6.54 Å². The highest BCUT2D eigenvalue weighted by molar-refractivity contribution is 7.89. The smallest absolute Gasteiger partial charge is 0.243 e. The Morgan fingerprint density at radius 2 is 1.90 bits per heavy atom. The zero-order valence-corrected chi connectivity index (χ0v) is 13.4. The molecular formula is C14H22F2N2O2S. The third kappa shape index (κ3) is 5.01. The van der Waals surface area contributed by atoms with Gasteiger partial charge in [-0.1, -0.05) is 27.2 Å². The second kappa shape index (κ2) is 7.82. The van der Waals surface area contributed by atoms with Crippen molar-refractivity contribution >= 4 is 10.0 Å². The monoisotopic (exact) mass is 320 g/mol. The predicted octanol–water partition coefficient (Wildman–Crippen LogP) is 2.54. The maximum atomic E-state index is 14.3. The Hall–Kier alpha value is -1.05. The average molecular weight is 320 g/mol. The van der Waals surface area contributed by atoms with Crippen LogP contribution in [0.2, 0.25) is 0 Å². The molecule has 0 bridgehead atoms. The lowest BCUT2D eigenvalue weighted by Gasteiger charge is -2.13. The number of rotatable bonds is 8. The lowest BCUT2D eigenvalue weighted by atomic mass is 10.2. The van der Waals surface area contributed by atoms with Crippen molar-refractivity contribution in [3.8, 4) is 0 Å². The zero-order chi connectivity index (χ0) is 16.0. The lowest BCUT2D eigenvalue weighted by molar-refractivity contribution is 0.497. The van der Waals surface area contributed by atoms with Crippen LogP contribution >= 0.6 is 0 Å². The molecule has 0 spiro atoms. The van der Waals surface area contributed by atoms with Crippen LogP contribution < -0.4 is 10.0 Å². The summed E-state index contributed by atoms with van der Waals surface area (Å²) < 4.78 is 54.4. The van der Waals surface area contributed by atoms with Gasteiger partial charge in [0.1, 0.15) is 10.7 Å². The van der Waals surface area contributed by atoms with Crippen LogP contribution in [0.25, 0.3) is 0 Å². The highest BCUT2D eigenvalue weighted by Gasteiger charge is 2.23. The van der Waals surface area contributed by atoms with Crippen LogP contribution in [0.5, 0.6) is 0 Å². The fourth-order valence-electron chi connectivity index (χ4n) is 1.71. The fraction of sp³-hybridized carbons (Fsp3) is 0.571. The molecule has 0 radical (unpaired) electrons. The van der Waals surface area contributed by atoms with Crippen molar-refractivity contribution in [2.24, 2.45) is 0 Å². The van der Waals surface area contributed by atoms with Crippen molar-refractivity contribution in [3.05, 3.63) is 29.3 Å². The molecule has 4 nitrogen and oxygen atoms in total. The van der Waals surface area contributed by atoms with Crippen LogP contribution in [0, 0.1) is 11.6 Å². The van der Waals surface area contributed by atoms with Gasteiger partial charge < -0.3 is 5.32 Å². The topological polar surface area (TPSA) is 58.2 Å². The minimum atomic E-state index is -3.96. The number of hydrogen-bond donors (Lipinski definition) is 2. The van der Waals surface area contributed by atoms with Gasteiger partial charge in [-0.25, -0.2) is 21.9 Å². The summed E-state index contributed by atoms with van der Waals surface area (Å²) in [5, 5.41) is 2.88. The van der Waals surface area contributed by atoms with E-state index in [4.69, 9.17) is 0 Å². The molecule has 0 atom stereocenters. The number of nitrogens with one attached hydrogen (secondary N) is 2. The van der Waals surface area contributed by atoms with Crippen molar-refractivity contribution in [2.45, 2.75) is 51.1 Å². The Kier molecular flexibility index (Phi) is 6.70. The summed E-state index contributed by atoms with van der Waals surface area (Å²) in [7, 11) is -3.96. The summed E-state index contributed by atoms with van der Waals surface area (Å²) in [6.07, 6.45) is 1.47. The highest BCUT2D eigenvalue weighted by atomic mass is 32.2. The van der Waals surface area contributed by atoms with E-state index in [-0.39, 0.29) is 24.7 Å². The normalized spacial score (nSPS) is 12.1. The van der Waals surface area contributed by atoms with Gasteiger partial charge in [0.25, 0.3) is 0 Å². The van der Waals surface area contributed by atoms with E-state index in [1.165, 1.54) is 0 Å². The first-order valence-electron chi connectivity index (χ1n) is 6.99. The fourth-order valence-corrected chi connectivity index (χ4v) is 2.89. The van der Waals surface area contributed by atoms with Gasteiger partial charge in [0.05, 0.1) is 0 Å². The Morgan fingerprint density at radius 1 is 1.24 bits per heavy atom. The van der Waals surface area contributed by atoms with Crippen LogP contribution in [0.3, 0.4) is 0 Å². The van der Waals surface area contributed by atoms with Gasteiger partial charge in [-0.05, 0) is 18.6 Å². The summed E-state index contributed by atoms with van der Waals surface area (Å²) >= 11 is 0. The van der Waals surface area contributed by atoms with Crippen molar-refractivity contribution in [1.29, 1.82) is 0 Å². The molecule has 1 rings (SSSR count). The maximum absolute atomic E-state index is 14.3. The van der Waals surface area contributed by atoms with E-state index in [9.17, 15) is 17.2 Å². The molecule has 120 valence electrons. The van der Waals surface area contributed by atoms with E-state index in [0.29, 0.717) is 6.42 Å². The summed E-state index contributed by atoms with van der Waals surface area (Å²) in [6.45, 7) is 5.76. The van der Waals surface area contributed by atoms with Gasteiger partial charge >= 0.3 is 0 Å². The summed E-state index contributed by atoms with van der Waals surface area (Å²) in [5.74, 6) is -1.79. The molecule has 1 aromatic carbocycles. The number of sulfonamides is 1. The third-order valence-electron chi connectivity index (χ3n) is 2.95. The Bertz CT molecular complexity index is 575. The van der Waals surface area contributed by atoms with E-state index in [1.807, 2.05) is 20.8 Å². The molecule has 0 amide bonds. The second-order valence-corrected chi connectivity index (χ2v) is 6.86. The molecule has 0 heterocycles. The molecule has 0 fully saturated rings. The summed E-state index contributed by atoms with van der Waals surface area (Å²) in [6, 6.07) is 1.97. The molecule has 0 unspecified atom stereocenters. The molecule has 7 heteroatoms. The second-order valence-electron chi connectivity index (χ2n) is 5.12. The largest absolute Gasteiger partial charge is 0.310 e. The Labute approximate surface area is 125 Å². The minimum absolute atomic E-state index is 0.0340. The summed E-state index contributed by atoms with van der Waals surface area (Å²) in [4.78, 5) is -0.513. The molecule has 0 aliphatic heterocycles. The Morgan fingerprint density at radius 3 is 2.48 bits per heavy atom. The first-order valence-corrected chi connectivity index (χ1v) is 8.47. The molecule has 0 aliphatic carbocycles. The van der Waals surface area contributed by atoms with Crippen molar-refractivity contribution in [1.82, 2.24) is 10.0 Å². The van der Waals surface area contributed by atoms with Crippen LogP contribution in [0.4, 0.5) is 8.78 Å². The number of halogens is 2. The first-order chi connectivity index (χ1) is 9.79. The van der Waals surface area contributed by atoms with Crippen molar-refractivity contribution in [3.63, 3.8) is 0 Å². The standard InChI is InChI=1S/C14H22F2N2O2S/c1-4-5-8-18-21(19,20)13-7-6-12(15)11(14(13)16)9-17-10(2)3/h6-7,10,17-18H,4-5,8-9H2,1-3H3. The number of hydrogen-bond acceptors (Lipinski definition) is 3. The van der Waals surface area contributed by atoms with Gasteiger partial charge in [-0.15, -0.1) is 0 Å². The molecular weight excluding hydrogens is 298 g/mol. The average Bonchev–Trinajstić information content (AvgIpc) is 2.37. The Balaban J connectivity index is 3.06. The van der Waals surface area contributed by atoms with Gasteiger partial charge in [0.15, 0.2) is 5.82 Å². The van der Waals surface area contributed by atoms with Crippen molar-refractivity contribution < 1.29 is 17.2 Å². The van der Waals surface area contributed by atoms with Crippen LogP contribution in [-0.4, -0.2) is 21.0 Å². The van der Waals surface area contributed by atoms with Gasteiger partial charge in [-0.2, -0.15) is 0 Å². The molecule has 1 aromatic rings. The molecule has 0 aliphatic rings. The predicted molar refractivity (Wildman–Crippen MR) is 78.4 cm³/mol. The first kappa shape index (κ1) is 18.0. The van der Waals surface area contributed by atoms with E-state index < -0.39 is 26.6 Å². The molecule has 0 saturated carbocycles. The van der Waals surface area contributed by atoms with Gasteiger partial charge in [-0.3, -0.25) is 0 Å². The minimum Gasteiger partial charge on any atom is -0.310 e. The highest BCUT2D eigenvalue weighted by Crippen LogP contribution is 2.21. The lowest BCUT2D eigenvalue weighted by Crippen LogP contribution is -2.27. The summed E-state index contributed by atoms with van der Waals surface area (Å²) in [5.41, 5.74) is -0.262. The molecule has 2 N–H and O–H groups in total. The van der Waals surface area contributed by atoms with Crippen LogP contribution in [0.15, 0.2) is 17.0 Å². The third-order valence-corrected chi connectivity index (χ3v) is 4.43. The molecule has 0 aromatic heterocycles. The van der Waals surface area contributed by atoms with E-state index in [0.717, 1.165) is 18.6 Å². The van der Waals surface area contributed by atoms with E-state index in [2.05, 4.69) is 10.0 Å². The number of benzene rings is 1. The van der Waals surface area contributed by atoms with E-state index in [1.54, 1.807) is 0 Å².